The zero-order valence-electron chi connectivity index (χ0n) is 17.0. The predicted octanol–water partition coefficient (Wildman–Crippen LogP) is 2.79. The molecule has 0 bridgehead atoms. The van der Waals surface area contributed by atoms with Gasteiger partial charge < -0.3 is 15.2 Å². The lowest BCUT2D eigenvalue weighted by Crippen LogP contribution is -2.45. The van der Waals surface area contributed by atoms with E-state index in [4.69, 9.17) is 9.84 Å². The van der Waals surface area contributed by atoms with Crippen molar-refractivity contribution >= 4 is 33.4 Å². The lowest BCUT2D eigenvalue weighted by Gasteiger charge is -2.35. The van der Waals surface area contributed by atoms with E-state index in [0.717, 1.165) is 29.3 Å². The van der Waals surface area contributed by atoms with Crippen molar-refractivity contribution in [3.63, 3.8) is 0 Å². The van der Waals surface area contributed by atoms with Crippen LogP contribution >= 0.6 is 0 Å². The molecule has 0 saturated heterocycles. The molecule has 1 atom stereocenters. The molecule has 2 aliphatic rings. The van der Waals surface area contributed by atoms with E-state index in [1.165, 1.54) is 30.3 Å². The number of nitrogens with zero attached hydrogens (tertiary/aromatic N) is 1. The number of sulfonamides is 1. The minimum atomic E-state index is -4.09. The molecule has 11 heteroatoms. The van der Waals surface area contributed by atoms with Crippen molar-refractivity contribution in [2.24, 2.45) is 5.92 Å². The number of nitrogens with one attached hydrogen (secondary N) is 2. The van der Waals surface area contributed by atoms with Gasteiger partial charge in [0.2, 0.25) is 5.91 Å². The molecule has 1 heterocycles. The minimum Gasteiger partial charge on any atom is -0.486 e. The van der Waals surface area contributed by atoms with E-state index in [0.29, 0.717) is 13.0 Å². The van der Waals surface area contributed by atoms with Gasteiger partial charge in [-0.2, -0.15) is 0 Å². The average Bonchev–Trinajstić information content (AvgIpc) is 3.58. The maximum atomic E-state index is 13.4. The van der Waals surface area contributed by atoms with E-state index in [-0.39, 0.29) is 40.4 Å². The van der Waals surface area contributed by atoms with Gasteiger partial charge in [-0.05, 0) is 55.3 Å². The zero-order valence-corrected chi connectivity index (χ0v) is 17.8. The largest absolute Gasteiger partial charge is 0.486 e. The number of halogens is 1. The van der Waals surface area contributed by atoms with Crippen LogP contribution in [0.4, 0.5) is 20.6 Å². The number of carbonyl (C=O) groups is 2. The third kappa shape index (κ3) is 4.77. The molecule has 3 N–H and O–H groups in total. The van der Waals surface area contributed by atoms with Crippen molar-refractivity contribution in [1.29, 1.82) is 0 Å². The Morgan fingerprint density at radius 2 is 1.88 bits per heavy atom. The van der Waals surface area contributed by atoms with Crippen molar-refractivity contribution in [3.8, 4) is 5.75 Å². The van der Waals surface area contributed by atoms with Crippen LogP contribution in [-0.2, 0) is 14.8 Å². The second-order valence-corrected chi connectivity index (χ2v) is 9.56. The number of ether oxygens (including phenoxy) is 1. The summed E-state index contributed by atoms with van der Waals surface area (Å²) in [6.45, 7) is 0.279. The second kappa shape index (κ2) is 8.65. The first-order valence-electron chi connectivity index (χ1n) is 10.1. The maximum Gasteiger partial charge on any atom is 0.409 e. The quantitative estimate of drug-likeness (QED) is 0.580. The number of hydrogen-bond donors (Lipinski definition) is 3. The van der Waals surface area contributed by atoms with Crippen LogP contribution in [0.5, 0.6) is 5.75 Å². The highest BCUT2D eigenvalue weighted by molar-refractivity contribution is 7.92. The van der Waals surface area contributed by atoms with Gasteiger partial charge in [0.05, 0.1) is 17.1 Å². The highest BCUT2D eigenvalue weighted by atomic mass is 32.2. The average molecular weight is 463 g/mol. The van der Waals surface area contributed by atoms with Crippen molar-refractivity contribution in [3.05, 3.63) is 48.3 Å². The SMILES string of the molecule is O=C(O)Nc1ccc2c(c1)N(S(=O)(=O)c1ccc(F)cc1)CC(CCNC(=O)C1CC1)O2. The van der Waals surface area contributed by atoms with Gasteiger partial charge in [0.1, 0.15) is 17.7 Å². The normalized spacial score (nSPS) is 17.8. The monoisotopic (exact) mass is 463 g/mol. The Kier molecular flexibility index (Phi) is 5.92. The van der Waals surface area contributed by atoms with Crippen LogP contribution in [0.3, 0.4) is 0 Å². The number of rotatable bonds is 7. The van der Waals surface area contributed by atoms with Crippen LogP contribution in [0, 0.1) is 11.7 Å². The Hall–Kier alpha value is -3.34. The van der Waals surface area contributed by atoms with Gasteiger partial charge in [-0.15, -0.1) is 0 Å². The van der Waals surface area contributed by atoms with E-state index < -0.39 is 28.0 Å². The topological polar surface area (TPSA) is 125 Å². The number of carbonyl (C=O) groups excluding carboxylic acids is 1. The maximum absolute atomic E-state index is 13.4. The lowest BCUT2D eigenvalue weighted by molar-refractivity contribution is -0.122. The Bertz CT molecular complexity index is 1130. The molecule has 2 aromatic rings. The molecule has 2 aromatic carbocycles. The lowest BCUT2D eigenvalue weighted by atomic mass is 10.1. The van der Waals surface area contributed by atoms with E-state index in [9.17, 15) is 22.4 Å². The van der Waals surface area contributed by atoms with E-state index >= 15 is 0 Å². The van der Waals surface area contributed by atoms with Crippen LogP contribution in [0.25, 0.3) is 0 Å². The molecule has 1 saturated carbocycles. The van der Waals surface area contributed by atoms with Crippen LogP contribution in [0.1, 0.15) is 19.3 Å². The molecule has 0 spiro atoms. The first-order chi connectivity index (χ1) is 15.2. The molecule has 1 fully saturated rings. The molecule has 1 aliphatic heterocycles. The van der Waals surface area contributed by atoms with Crippen molar-refractivity contribution < 1.29 is 32.2 Å². The van der Waals surface area contributed by atoms with Gasteiger partial charge in [0.25, 0.3) is 10.0 Å². The first-order valence-corrected chi connectivity index (χ1v) is 11.5. The third-order valence-electron chi connectivity index (χ3n) is 5.26. The number of anilines is 2. The number of benzene rings is 2. The minimum absolute atomic E-state index is 0.0126. The fourth-order valence-corrected chi connectivity index (χ4v) is 4.97. The van der Waals surface area contributed by atoms with E-state index in [1.807, 2.05) is 0 Å². The molecular weight excluding hydrogens is 441 g/mol. The van der Waals surface area contributed by atoms with Gasteiger partial charge in [0.15, 0.2) is 0 Å². The summed E-state index contributed by atoms with van der Waals surface area (Å²) in [5, 5.41) is 14.0. The molecule has 32 heavy (non-hydrogen) atoms. The van der Waals surface area contributed by atoms with Crippen molar-refractivity contribution in [1.82, 2.24) is 5.32 Å². The Morgan fingerprint density at radius 3 is 2.53 bits per heavy atom. The molecule has 170 valence electrons. The van der Waals surface area contributed by atoms with Gasteiger partial charge in [-0.1, -0.05) is 0 Å². The van der Waals surface area contributed by atoms with Gasteiger partial charge >= 0.3 is 6.09 Å². The molecule has 1 unspecified atom stereocenters. The fraction of sp³-hybridized carbons (Fsp3) is 0.333. The summed E-state index contributed by atoms with van der Waals surface area (Å²) < 4.78 is 47.1. The summed E-state index contributed by atoms with van der Waals surface area (Å²) in [5.74, 6) is -0.250. The van der Waals surface area contributed by atoms with Crippen LogP contribution in [0.2, 0.25) is 0 Å². The molecule has 2 amide bonds. The van der Waals surface area contributed by atoms with E-state index in [1.54, 1.807) is 0 Å². The predicted molar refractivity (Wildman–Crippen MR) is 114 cm³/mol. The highest BCUT2D eigenvalue weighted by Crippen LogP contribution is 2.39. The van der Waals surface area contributed by atoms with E-state index in [2.05, 4.69) is 10.6 Å². The summed E-state index contributed by atoms with van der Waals surface area (Å²) in [6.07, 6.45) is 0.308. The smallest absolute Gasteiger partial charge is 0.409 e. The molecule has 1 aliphatic carbocycles. The number of fused-ring (bicyclic) bond motifs is 1. The summed E-state index contributed by atoms with van der Waals surface area (Å²) >= 11 is 0. The van der Waals surface area contributed by atoms with Crippen LogP contribution in [-0.4, -0.2) is 44.7 Å². The molecule has 4 rings (SSSR count). The highest BCUT2D eigenvalue weighted by Gasteiger charge is 2.35. The first kappa shape index (κ1) is 21.9. The zero-order chi connectivity index (χ0) is 22.9. The number of amides is 2. The summed E-state index contributed by atoms with van der Waals surface area (Å²) in [5.41, 5.74) is 0.341. The van der Waals surface area contributed by atoms with Crippen molar-refractivity contribution in [2.45, 2.75) is 30.3 Å². The Morgan fingerprint density at radius 1 is 1.16 bits per heavy atom. The van der Waals surface area contributed by atoms with Gasteiger partial charge in [-0.3, -0.25) is 14.4 Å². The summed E-state index contributed by atoms with van der Waals surface area (Å²) in [4.78, 5) is 22.8. The summed E-state index contributed by atoms with van der Waals surface area (Å²) in [7, 11) is -4.09. The Balaban J connectivity index is 1.61. The molecule has 9 nitrogen and oxygen atoms in total. The van der Waals surface area contributed by atoms with Gasteiger partial charge in [0, 0.05) is 24.6 Å². The van der Waals surface area contributed by atoms with Crippen LogP contribution < -0.4 is 19.7 Å². The van der Waals surface area contributed by atoms with Gasteiger partial charge in [-0.25, -0.2) is 17.6 Å². The van der Waals surface area contributed by atoms with Crippen molar-refractivity contribution in [2.75, 3.05) is 22.7 Å². The third-order valence-corrected chi connectivity index (χ3v) is 7.05. The molecule has 0 aromatic heterocycles. The number of carboxylic acid groups (broad SMARTS) is 1. The van der Waals surface area contributed by atoms with Crippen LogP contribution in [0.15, 0.2) is 47.4 Å². The Labute approximate surface area is 184 Å². The molecular formula is C21H22FN3O6S. The summed E-state index contributed by atoms with van der Waals surface area (Å²) in [6, 6.07) is 8.78. The molecule has 0 radical (unpaired) electrons. The standard InChI is InChI=1S/C21H22FN3O6S/c22-14-3-6-17(7-4-14)32(29,30)25-12-16(9-10-23-20(26)13-1-2-13)31-19-8-5-15(11-18(19)25)24-21(27)28/h3-8,11,13,16,24H,1-2,9-10,12H2,(H,23,26)(H,27,28). The number of hydrogen-bond acceptors (Lipinski definition) is 5. The second-order valence-electron chi connectivity index (χ2n) is 7.70. The fourth-order valence-electron chi connectivity index (χ4n) is 3.47.